The highest BCUT2D eigenvalue weighted by Crippen LogP contribution is 2.32. The Balaban J connectivity index is 1.93. The molecule has 0 aliphatic carbocycles. The number of aromatic nitrogens is 2. The van der Waals surface area contributed by atoms with Crippen molar-refractivity contribution in [3.63, 3.8) is 0 Å². The number of carbonyl (C=O) groups is 1. The van der Waals surface area contributed by atoms with E-state index in [9.17, 15) is 13.2 Å². The van der Waals surface area contributed by atoms with Gasteiger partial charge in [-0.1, -0.05) is 12.1 Å². The lowest BCUT2D eigenvalue weighted by Crippen LogP contribution is -2.20. The fourth-order valence-electron chi connectivity index (χ4n) is 2.88. The summed E-state index contributed by atoms with van der Waals surface area (Å²) in [5.74, 6) is -0.479. The van der Waals surface area contributed by atoms with Crippen molar-refractivity contribution in [2.45, 2.75) is 30.6 Å². The molecule has 1 aromatic carbocycles. The van der Waals surface area contributed by atoms with Gasteiger partial charge in [0.15, 0.2) is 15.7 Å². The van der Waals surface area contributed by atoms with Gasteiger partial charge in [0.05, 0.1) is 24.5 Å². The molecular weight excluding hydrogens is 378 g/mol. The number of ether oxygens (including phenoxy) is 1. The van der Waals surface area contributed by atoms with Crippen LogP contribution in [0.3, 0.4) is 0 Å². The van der Waals surface area contributed by atoms with Crippen molar-refractivity contribution < 1.29 is 17.9 Å². The molecule has 26 heavy (non-hydrogen) atoms. The Hall–Kier alpha value is -2.19. The zero-order valence-corrected chi connectivity index (χ0v) is 15.9. The maximum absolute atomic E-state index is 12.4. The van der Waals surface area contributed by atoms with Crippen molar-refractivity contribution in [1.82, 2.24) is 9.97 Å². The highest BCUT2D eigenvalue weighted by Gasteiger charge is 2.30. The summed E-state index contributed by atoms with van der Waals surface area (Å²) in [6, 6.07) is 7.03. The van der Waals surface area contributed by atoms with E-state index in [1.54, 1.807) is 31.2 Å². The van der Waals surface area contributed by atoms with E-state index in [1.807, 2.05) is 0 Å². The number of esters is 1. The average molecular weight is 396 g/mol. The molecule has 1 unspecified atom stereocenters. The van der Waals surface area contributed by atoms with Crippen LogP contribution >= 0.6 is 11.6 Å². The molecule has 1 aliphatic heterocycles. The van der Waals surface area contributed by atoms with E-state index in [4.69, 9.17) is 16.3 Å². The monoisotopic (exact) mass is 395 g/mol. The van der Waals surface area contributed by atoms with Crippen LogP contribution in [0.25, 0.3) is 0 Å². The molecule has 1 atom stereocenters. The van der Waals surface area contributed by atoms with Crippen LogP contribution in [0.4, 0.5) is 11.5 Å². The van der Waals surface area contributed by atoms with Crippen LogP contribution < -0.4 is 5.32 Å². The lowest BCUT2D eigenvalue weighted by atomic mass is 10.0. The number of anilines is 2. The van der Waals surface area contributed by atoms with Gasteiger partial charge in [0.25, 0.3) is 0 Å². The minimum atomic E-state index is -3.45. The van der Waals surface area contributed by atoms with Gasteiger partial charge in [-0.3, -0.25) is 4.79 Å². The lowest BCUT2D eigenvalue weighted by Gasteiger charge is -2.19. The van der Waals surface area contributed by atoms with Crippen LogP contribution in [0.1, 0.15) is 30.5 Å². The molecular formula is C17H18ClN3O4S. The number of fused-ring (bicyclic) bond motifs is 1. The number of nitrogens with one attached hydrogen (secondary N) is 1. The smallest absolute Gasteiger partial charge is 0.312 e. The van der Waals surface area contributed by atoms with Crippen molar-refractivity contribution in [3.05, 3.63) is 40.8 Å². The summed E-state index contributed by atoms with van der Waals surface area (Å²) in [5, 5.41) is 3.01. The maximum Gasteiger partial charge on any atom is 0.312 e. The molecule has 0 bridgehead atoms. The SMILES string of the molecule is COC(=O)C(C)c1ccc(Nc2nc(Cl)nc3c2S(=O)(=O)CCC3)cc1. The summed E-state index contributed by atoms with van der Waals surface area (Å²) in [6.07, 6.45) is 1.06. The number of carbonyl (C=O) groups excluding carboxylic acids is 1. The molecule has 1 N–H and O–H groups in total. The van der Waals surface area contributed by atoms with Gasteiger partial charge in [-0.25, -0.2) is 13.4 Å². The molecule has 0 fully saturated rings. The van der Waals surface area contributed by atoms with Gasteiger partial charge >= 0.3 is 5.97 Å². The molecule has 1 aromatic heterocycles. The zero-order chi connectivity index (χ0) is 18.9. The number of methoxy groups -OCH3 is 1. The van der Waals surface area contributed by atoms with E-state index < -0.39 is 15.8 Å². The second-order valence-corrected chi connectivity index (χ2v) is 8.42. The second-order valence-electron chi connectivity index (χ2n) is 6.03. The largest absolute Gasteiger partial charge is 0.469 e. The van der Waals surface area contributed by atoms with E-state index >= 15 is 0 Å². The third kappa shape index (κ3) is 3.66. The van der Waals surface area contributed by atoms with Gasteiger partial charge in [0.1, 0.15) is 4.90 Å². The first-order chi connectivity index (χ1) is 12.3. The number of nitrogens with zero attached hydrogens (tertiary/aromatic N) is 2. The predicted octanol–water partition coefficient (Wildman–Crippen LogP) is 2.87. The van der Waals surface area contributed by atoms with Crippen LogP contribution in [0.15, 0.2) is 29.2 Å². The number of benzene rings is 1. The van der Waals surface area contributed by atoms with Crippen LogP contribution in [-0.4, -0.2) is 37.2 Å². The number of aryl methyl sites for hydroxylation is 1. The van der Waals surface area contributed by atoms with E-state index in [0.717, 1.165) is 5.56 Å². The highest BCUT2D eigenvalue weighted by molar-refractivity contribution is 7.91. The first-order valence-corrected chi connectivity index (χ1v) is 10.1. The van der Waals surface area contributed by atoms with Gasteiger partial charge in [-0.05, 0) is 49.1 Å². The van der Waals surface area contributed by atoms with Gasteiger partial charge in [-0.2, -0.15) is 4.98 Å². The van der Waals surface area contributed by atoms with E-state index in [2.05, 4.69) is 15.3 Å². The molecule has 9 heteroatoms. The van der Waals surface area contributed by atoms with Crippen LogP contribution in [-0.2, 0) is 25.8 Å². The van der Waals surface area contributed by atoms with Crippen molar-refractivity contribution in [2.24, 2.45) is 0 Å². The van der Waals surface area contributed by atoms with Crippen LogP contribution in [0.5, 0.6) is 0 Å². The number of hydrogen-bond acceptors (Lipinski definition) is 7. The zero-order valence-electron chi connectivity index (χ0n) is 14.3. The molecule has 2 heterocycles. The van der Waals surface area contributed by atoms with Gasteiger partial charge in [0.2, 0.25) is 5.28 Å². The quantitative estimate of drug-likeness (QED) is 0.627. The first kappa shape index (κ1) is 18.6. The first-order valence-electron chi connectivity index (χ1n) is 8.06. The fraction of sp³-hybridized carbons (Fsp3) is 0.353. The highest BCUT2D eigenvalue weighted by atomic mass is 35.5. The lowest BCUT2D eigenvalue weighted by molar-refractivity contribution is -0.141. The number of sulfone groups is 1. The fourth-order valence-corrected chi connectivity index (χ4v) is 4.70. The van der Waals surface area contributed by atoms with Crippen LogP contribution in [0.2, 0.25) is 5.28 Å². The topological polar surface area (TPSA) is 98.2 Å². The summed E-state index contributed by atoms with van der Waals surface area (Å²) in [6.45, 7) is 1.75. The van der Waals surface area contributed by atoms with Crippen LogP contribution in [0, 0.1) is 0 Å². The average Bonchev–Trinajstić information content (AvgIpc) is 2.60. The third-order valence-electron chi connectivity index (χ3n) is 4.27. The van der Waals surface area contributed by atoms with E-state index in [1.165, 1.54) is 7.11 Å². The minimum Gasteiger partial charge on any atom is -0.469 e. The second kappa shape index (κ2) is 7.20. The Morgan fingerprint density at radius 1 is 1.27 bits per heavy atom. The van der Waals surface area contributed by atoms with Crippen molar-refractivity contribution in [2.75, 3.05) is 18.2 Å². The molecule has 0 radical (unpaired) electrons. The number of rotatable bonds is 4. The summed E-state index contributed by atoms with van der Waals surface area (Å²) < 4.78 is 29.6. The molecule has 0 saturated carbocycles. The summed E-state index contributed by atoms with van der Waals surface area (Å²) in [7, 11) is -2.11. The van der Waals surface area contributed by atoms with Gasteiger partial charge in [0, 0.05) is 5.69 Å². The van der Waals surface area contributed by atoms with E-state index in [-0.39, 0.29) is 27.7 Å². The Morgan fingerprint density at radius 2 is 1.96 bits per heavy atom. The van der Waals surface area contributed by atoms with E-state index in [0.29, 0.717) is 24.2 Å². The Labute approximate surface area is 156 Å². The molecule has 138 valence electrons. The molecule has 2 aromatic rings. The summed E-state index contributed by atoms with van der Waals surface area (Å²) in [5.41, 5.74) is 1.86. The van der Waals surface area contributed by atoms with Gasteiger partial charge < -0.3 is 10.1 Å². The Morgan fingerprint density at radius 3 is 2.62 bits per heavy atom. The molecule has 3 rings (SSSR count). The van der Waals surface area contributed by atoms with Crippen molar-refractivity contribution >= 4 is 38.9 Å². The Kier molecular flexibility index (Phi) is 5.15. The standard InChI is InChI=1S/C17H18ClN3O4S/c1-10(16(22)25-2)11-5-7-12(8-6-11)19-15-14-13(20-17(18)21-15)4-3-9-26(14,23)24/h5-8,10H,3-4,9H2,1-2H3,(H,19,20,21). The molecule has 0 spiro atoms. The molecule has 0 saturated heterocycles. The predicted molar refractivity (Wildman–Crippen MR) is 97.6 cm³/mol. The van der Waals surface area contributed by atoms with Gasteiger partial charge in [-0.15, -0.1) is 0 Å². The molecule has 1 aliphatic rings. The normalized spacial score (nSPS) is 16.4. The Bertz CT molecular complexity index is 945. The summed E-state index contributed by atoms with van der Waals surface area (Å²) >= 11 is 5.95. The van der Waals surface area contributed by atoms with Crippen molar-refractivity contribution in [3.8, 4) is 0 Å². The molecule has 7 nitrogen and oxygen atoms in total. The number of hydrogen-bond donors (Lipinski definition) is 1. The third-order valence-corrected chi connectivity index (χ3v) is 6.32. The number of halogens is 1. The summed E-state index contributed by atoms with van der Waals surface area (Å²) in [4.78, 5) is 19.9. The molecule has 0 amide bonds. The minimum absolute atomic E-state index is 0.000663. The van der Waals surface area contributed by atoms with Crippen molar-refractivity contribution in [1.29, 1.82) is 0 Å². The maximum atomic E-state index is 12.4.